The summed E-state index contributed by atoms with van der Waals surface area (Å²) in [4.78, 5) is 38.1. The van der Waals surface area contributed by atoms with E-state index in [4.69, 9.17) is 14.2 Å². The van der Waals surface area contributed by atoms with Crippen LogP contribution >= 0.6 is 0 Å². The molecule has 0 aromatic rings. The zero-order chi connectivity index (χ0) is 47.9. The first-order valence-corrected chi connectivity index (χ1v) is 27.9. The molecule has 1 atom stereocenters. The topological polar surface area (TPSA) is 78.9 Å². The van der Waals surface area contributed by atoms with Gasteiger partial charge in [-0.3, -0.25) is 14.4 Å². The van der Waals surface area contributed by atoms with Crippen molar-refractivity contribution in [2.45, 2.75) is 277 Å². The highest BCUT2D eigenvalue weighted by molar-refractivity contribution is 5.71. The minimum absolute atomic E-state index is 0.0964. The Labute approximate surface area is 408 Å². The Balaban J connectivity index is 4.43. The van der Waals surface area contributed by atoms with E-state index in [1.54, 1.807) is 0 Å². The SMILES string of the molecule is CCCCC/C=C\C/C=C\C/C=C\C/C=C\CCCC(=O)O[C@@H](COC(=O)CCCCCCCCCCC/C=C\C/C=C\CCCCC)COC(=O)CCCCCCCCCCCCCC. The summed E-state index contributed by atoms with van der Waals surface area (Å²) in [6.45, 7) is 6.55. The Morgan fingerprint density at radius 2 is 0.561 bits per heavy atom. The maximum Gasteiger partial charge on any atom is 0.306 e. The van der Waals surface area contributed by atoms with Crippen LogP contribution in [0.5, 0.6) is 0 Å². The lowest BCUT2D eigenvalue weighted by molar-refractivity contribution is -0.167. The standard InChI is InChI=1S/C60H104O6/c1-4-7-10-13-16-19-22-25-27-29-30-32-33-35-38-41-44-47-50-53-59(62)65-56-57(55-64-58(61)52-49-46-43-40-37-24-21-18-15-12-9-6-3)66-60(63)54-51-48-45-42-39-36-34-31-28-26-23-20-17-14-11-8-5-2/h16-17,19-20,25-28,34,36,42,45,57H,4-15,18,21-24,29-33,35,37-41,43-44,46-56H2,1-3H3/b19-16-,20-17-,27-25-,28-26-,36-34-,45-42-/t57-/m1/s1. The molecule has 0 spiro atoms. The number of ether oxygens (including phenoxy) is 3. The molecule has 0 unspecified atom stereocenters. The van der Waals surface area contributed by atoms with Crippen molar-refractivity contribution in [1.82, 2.24) is 0 Å². The van der Waals surface area contributed by atoms with Gasteiger partial charge in [-0.15, -0.1) is 0 Å². The van der Waals surface area contributed by atoms with Gasteiger partial charge in [-0.25, -0.2) is 0 Å². The van der Waals surface area contributed by atoms with Crippen LogP contribution in [0.4, 0.5) is 0 Å². The molecule has 0 aliphatic carbocycles. The van der Waals surface area contributed by atoms with Crippen LogP contribution in [0.25, 0.3) is 0 Å². The van der Waals surface area contributed by atoms with E-state index < -0.39 is 6.10 Å². The van der Waals surface area contributed by atoms with Crippen LogP contribution in [0, 0.1) is 0 Å². The van der Waals surface area contributed by atoms with Crippen molar-refractivity contribution in [3.63, 3.8) is 0 Å². The molecule has 0 N–H and O–H groups in total. The highest BCUT2D eigenvalue weighted by Gasteiger charge is 2.19. The average Bonchev–Trinajstić information content (AvgIpc) is 3.31. The number of esters is 3. The fourth-order valence-electron chi connectivity index (χ4n) is 7.70. The minimum Gasteiger partial charge on any atom is -0.462 e. The van der Waals surface area contributed by atoms with E-state index in [9.17, 15) is 14.4 Å². The summed E-state index contributed by atoms with van der Waals surface area (Å²) < 4.78 is 16.8. The molecule has 0 aliphatic rings. The van der Waals surface area contributed by atoms with Gasteiger partial charge < -0.3 is 14.2 Å². The number of allylic oxidation sites excluding steroid dienone is 12. The molecule has 66 heavy (non-hydrogen) atoms. The average molecular weight is 921 g/mol. The van der Waals surface area contributed by atoms with Gasteiger partial charge in [0, 0.05) is 19.3 Å². The number of unbranched alkanes of at least 4 members (excludes halogenated alkanes) is 27. The van der Waals surface area contributed by atoms with Crippen molar-refractivity contribution in [2.75, 3.05) is 13.2 Å². The van der Waals surface area contributed by atoms with Crippen LogP contribution in [-0.2, 0) is 28.6 Å². The van der Waals surface area contributed by atoms with Crippen molar-refractivity contribution < 1.29 is 28.6 Å². The van der Waals surface area contributed by atoms with Crippen molar-refractivity contribution in [3.05, 3.63) is 72.9 Å². The number of rotatable bonds is 50. The van der Waals surface area contributed by atoms with E-state index in [1.807, 2.05) is 0 Å². The smallest absolute Gasteiger partial charge is 0.306 e. The first-order valence-electron chi connectivity index (χ1n) is 27.9. The molecule has 0 aromatic carbocycles. The largest absolute Gasteiger partial charge is 0.462 e. The van der Waals surface area contributed by atoms with E-state index in [0.717, 1.165) is 70.6 Å². The Hall–Kier alpha value is -3.15. The van der Waals surface area contributed by atoms with Crippen molar-refractivity contribution in [3.8, 4) is 0 Å². The zero-order valence-electron chi connectivity index (χ0n) is 43.4. The summed E-state index contributed by atoms with van der Waals surface area (Å²) in [6, 6.07) is 0. The van der Waals surface area contributed by atoms with Crippen molar-refractivity contribution >= 4 is 17.9 Å². The van der Waals surface area contributed by atoms with Gasteiger partial charge >= 0.3 is 17.9 Å². The highest BCUT2D eigenvalue weighted by atomic mass is 16.6. The summed E-state index contributed by atoms with van der Waals surface area (Å²) in [7, 11) is 0. The van der Waals surface area contributed by atoms with E-state index >= 15 is 0 Å². The molecule has 0 fully saturated rings. The first kappa shape index (κ1) is 62.8. The molecule has 380 valence electrons. The summed E-state index contributed by atoms with van der Waals surface area (Å²) in [6.07, 6.45) is 68.9. The van der Waals surface area contributed by atoms with Gasteiger partial charge in [0.05, 0.1) is 0 Å². The van der Waals surface area contributed by atoms with Gasteiger partial charge in [0.15, 0.2) is 6.10 Å². The number of hydrogen-bond acceptors (Lipinski definition) is 6. The van der Waals surface area contributed by atoms with Crippen LogP contribution in [-0.4, -0.2) is 37.2 Å². The number of carbonyl (C=O) groups excluding carboxylic acids is 3. The van der Waals surface area contributed by atoms with Gasteiger partial charge in [-0.05, 0) is 89.9 Å². The molecule has 0 bridgehead atoms. The van der Waals surface area contributed by atoms with Gasteiger partial charge in [-0.2, -0.15) is 0 Å². The highest BCUT2D eigenvalue weighted by Crippen LogP contribution is 2.15. The number of carbonyl (C=O) groups is 3. The second kappa shape index (κ2) is 54.5. The van der Waals surface area contributed by atoms with Gasteiger partial charge in [0.1, 0.15) is 13.2 Å². The maximum atomic E-state index is 12.8. The van der Waals surface area contributed by atoms with E-state index in [0.29, 0.717) is 19.3 Å². The second-order valence-corrected chi connectivity index (χ2v) is 18.5. The van der Waals surface area contributed by atoms with Gasteiger partial charge in [-0.1, -0.05) is 235 Å². The van der Waals surface area contributed by atoms with Crippen molar-refractivity contribution in [1.29, 1.82) is 0 Å². The molecule has 0 amide bonds. The second-order valence-electron chi connectivity index (χ2n) is 18.5. The molecule has 0 saturated carbocycles. The lowest BCUT2D eigenvalue weighted by Crippen LogP contribution is -2.30. The van der Waals surface area contributed by atoms with Gasteiger partial charge in [0.25, 0.3) is 0 Å². The molecule has 0 radical (unpaired) electrons. The lowest BCUT2D eigenvalue weighted by atomic mass is 10.0. The molecule has 6 nitrogen and oxygen atoms in total. The molecular weight excluding hydrogens is 817 g/mol. The van der Waals surface area contributed by atoms with Crippen molar-refractivity contribution in [2.24, 2.45) is 0 Å². The Bertz CT molecular complexity index is 1240. The molecule has 0 saturated heterocycles. The molecule has 0 aliphatic heterocycles. The Morgan fingerprint density at radius 1 is 0.303 bits per heavy atom. The third kappa shape index (κ3) is 51.8. The molecule has 0 aromatic heterocycles. The molecule has 0 rings (SSSR count). The third-order valence-corrected chi connectivity index (χ3v) is 11.9. The molecule has 0 heterocycles. The lowest BCUT2D eigenvalue weighted by Gasteiger charge is -2.18. The van der Waals surface area contributed by atoms with Crippen LogP contribution in [0.3, 0.4) is 0 Å². The predicted molar refractivity (Wildman–Crippen MR) is 284 cm³/mol. The quantitative estimate of drug-likeness (QED) is 0.0262. The third-order valence-electron chi connectivity index (χ3n) is 11.9. The normalized spacial score (nSPS) is 12.6. The van der Waals surface area contributed by atoms with E-state index in [-0.39, 0.29) is 37.5 Å². The monoisotopic (exact) mass is 921 g/mol. The summed E-state index contributed by atoms with van der Waals surface area (Å²) in [5.41, 5.74) is 0. The van der Waals surface area contributed by atoms with Crippen LogP contribution in [0.15, 0.2) is 72.9 Å². The van der Waals surface area contributed by atoms with Crippen LogP contribution < -0.4 is 0 Å². The maximum absolute atomic E-state index is 12.8. The summed E-state index contributed by atoms with van der Waals surface area (Å²) >= 11 is 0. The Morgan fingerprint density at radius 3 is 0.924 bits per heavy atom. The first-order chi connectivity index (χ1) is 32.5. The zero-order valence-corrected chi connectivity index (χ0v) is 43.4. The van der Waals surface area contributed by atoms with Crippen LogP contribution in [0.2, 0.25) is 0 Å². The summed E-state index contributed by atoms with van der Waals surface area (Å²) in [5.74, 6) is -0.951. The summed E-state index contributed by atoms with van der Waals surface area (Å²) in [5, 5.41) is 0. The minimum atomic E-state index is -0.804. The molecule has 6 heteroatoms. The van der Waals surface area contributed by atoms with Crippen LogP contribution in [0.1, 0.15) is 271 Å². The van der Waals surface area contributed by atoms with E-state index in [2.05, 4.69) is 93.7 Å². The molecular formula is C60H104O6. The van der Waals surface area contributed by atoms with E-state index in [1.165, 1.54) is 154 Å². The van der Waals surface area contributed by atoms with Gasteiger partial charge in [0.2, 0.25) is 0 Å². The fourth-order valence-corrected chi connectivity index (χ4v) is 7.70. The Kier molecular flexibility index (Phi) is 51.9. The number of hydrogen-bond donors (Lipinski definition) is 0. The predicted octanol–water partition coefficient (Wildman–Crippen LogP) is 18.6. The fraction of sp³-hybridized carbons (Fsp3) is 0.750.